The molecule has 10 heteroatoms. The fourth-order valence-electron chi connectivity index (χ4n) is 2.08. The number of aliphatic hydroxyl groups excluding tert-OH is 2. The number of nitrogens with one attached hydrogen (secondary N) is 1. The van der Waals surface area contributed by atoms with Gasteiger partial charge >= 0.3 is 11.7 Å². The molecule has 1 aromatic rings. The second-order valence-electron chi connectivity index (χ2n) is 5.47. The van der Waals surface area contributed by atoms with Gasteiger partial charge in [0, 0.05) is 0 Å². The summed E-state index contributed by atoms with van der Waals surface area (Å²) in [6.07, 6.45) is -4.97. The second kappa shape index (κ2) is 6.60. The summed E-state index contributed by atoms with van der Waals surface area (Å²) in [7, 11) is 0. The van der Waals surface area contributed by atoms with Gasteiger partial charge in [0.1, 0.15) is 24.9 Å². The van der Waals surface area contributed by atoms with Crippen LogP contribution in [0.4, 0.5) is 4.39 Å². The Kier molecular flexibility index (Phi) is 4.97. The van der Waals surface area contributed by atoms with Crippen LogP contribution in [0.2, 0.25) is 0 Å². The molecule has 1 saturated heterocycles. The van der Waals surface area contributed by atoms with Gasteiger partial charge in [0.2, 0.25) is 5.82 Å². The van der Waals surface area contributed by atoms with E-state index in [4.69, 9.17) is 9.47 Å². The number of nitrogens with zero attached hydrogens (tertiary/aromatic N) is 1. The molecule has 3 N–H and O–H groups in total. The van der Waals surface area contributed by atoms with Crippen molar-refractivity contribution in [2.75, 3.05) is 6.61 Å². The highest BCUT2D eigenvalue weighted by atomic mass is 19.1. The molecule has 0 bridgehead atoms. The lowest BCUT2D eigenvalue weighted by atomic mass is 10.1. The predicted octanol–water partition coefficient (Wildman–Crippen LogP) is -1.51. The summed E-state index contributed by atoms with van der Waals surface area (Å²) in [4.78, 5) is 35.8. The lowest BCUT2D eigenvalue weighted by molar-refractivity contribution is -0.153. The number of hydrogen-bond acceptors (Lipinski definition) is 7. The van der Waals surface area contributed by atoms with Crippen LogP contribution in [0, 0.1) is 11.7 Å². The van der Waals surface area contributed by atoms with Gasteiger partial charge in [-0.3, -0.25) is 19.1 Å². The Morgan fingerprint density at radius 2 is 2.09 bits per heavy atom. The molecule has 128 valence electrons. The number of rotatable bonds is 4. The monoisotopic (exact) mass is 332 g/mol. The van der Waals surface area contributed by atoms with Crippen molar-refractivity contribution in [2.45, 2.75) is 38.4 Å². The summed E-state index contributed by atoms with van der Waals surface area (Å²) in [5.41, 5.74) is -2.21. The zero-order valence-corrected chi connectivity index (χ0v) is 12.4. The van der Waals surface area contributed by atoms with Crippen molar-refractivity contribution in [1.29, 1.82) is 0 Å². The summed E-state index contributed by atoms with van der Waals surface area (Å²) in [5.74, 6) is -2.15. The van der Waals surface area contributed by atoms with E-state index >= 15 is 0 Å². The van der Waals surface area contributed by atoms with Crippen molar-refractivity contribution in [2.24, 2.45) is 5.92 Å². The molecular weight excluding hydrogens is 315 g/mol. The summed E-state index contributed by atoms with van der Waals surface area (Å²) in [6.45, 7) is 2.90. The van der Waals surface area contributed by atoms with E-state index < -0.39 is 47.6 Å². The van der Waals surface area contributed by atoms with Crippen molar-refractivity contribution in [1.82, 2.24) is 9.55 Å². The summed E-state index contributed by atoms with van der Waals surface area (Å²) in [6, 6.07) is 0. The van der Waals surface area contributed by atoms with E-state index in [2.05, 4.69) is 0 Å². The Morgan fingerprint density at radius 1 is 1.43 bits per heavy atom. The fraction of sp³-hybridized carbons (Fsp3) is 0.615. The quantitative estimate of drug-likeness (QED) is 0.572. The van der Waals surface area contributed by atoms with Crippen LogP contribution in [0.25, 0.3) is 0 Å². The molecule has 0 saturated carbocycles. The van der Waals surface area contributed by atoms with Crippen molar-refractivity contribution in [3.63, 3.8) is 0 Å². The van der Waals surface area contributed by atoms with Gasteiger partial charge in [-0.2, -0.15) is 4.39 Å². The highest BCUT2D eigenvalue weighted by Crippen LogP contribution is 2.28. The molecule has 0 radical (unpaired) electrons. The molecule has 1 aromatic heterocycles. The molecule has 0 aromatic carbocycles. The van der Waals surface area contributed by atoms with E-state index in [1.54, 1.807) is 18.8 Å². The van der Waals surface area contributed by atoms with Crippen molar-refractivity contribution < 1.29 is 28.9 Å². The SMILES string of the molecule is CC(C)C(=O)OC[C@H]1O[C@@H](n2cc(F)c(=O)[nH]c2=O)[C@H](O)[C@@H]1O. The van der Waals surface area contributed by atoms with Crippen LogP contribution in [0.3, 0.4) is 0 Å². The largest absolute Gasteiger partial charge is 0.463 e. The van der Waals surface area contributed by atoms with E-state index in [0.29, 0.717) is 10.8 Å². The molecule has 1 aliphatic heterocycles. The lowest BCUT2D eigenvalue weighted by Gasteiger charge is -2.17. The minimum Gasteiger partial charge on any atom is -0.463 e. The first-order chi connectivity index (χ1) is 10.7. The first-order valence-electron chi connectivity index (χ1n) is 6.91. The third-order valence-electron chi connectivity index (χ3n) is 3.40. The van der Waals surface area contributed by atoms with Crippen LogP contribution in [0.15, 0.2) is 15.8 Å². The number of aliphatic hydroxyl groups is 2. The highest BCUT2D eigenvalue weighted by Gasteiger charge is 2.44. The number of ether oxygens (including phenoxy) is 2. The van der Waals surface area contributed by atoms with Crippen LogP contribution in [-0.2, 0) is 14.3 Å². The third-order valence-corrected chi connectivity index (χ3v) is 3.40. The molecule has 23 heavy (non-hydrogen) atoms. The maximum absolute atomic E-state index is 13.3. The molecule has 0 amide bonds. The Hall–Kier alpha value is -2.04. The van der Waals surface area contributed by atoms with Crippen LogP contribution in [0.5, 0.6) is 0 Å². The number of esters is 1. The van der Waals surface area contributed by atoms with Crippen LogP contribution in [0.1, 0.15) is 20.1 Å². The maximum atomic E-state index is 13.3. The molecule has 1 aliphatic rings. The van der Waals surface area contributed by atoms with Gasteiger partial charge in [-0.15, -0.1) is 0 Å². The van der Waals surface area contributed by atoms with Crippen LogP contribution >= 0.6 is 0 Å². The lowest BCUT2D eigenvalue weighted by Crippen LogP contribution is -2.38. The Bertz CT molecular complexity index is 698. The van der Waals surface area contributed by atoms with E-state index in [9.17, 15) is 29.0 Å². The van der Waals surface area contributed by atoms with Gasteiger partial charge in [0.25, 0.3) is 5.56 Å². The van der Waals surface area contributed by atoms with Crippen molar-refractivity contribution in [3.05, 3.63) is 32.9 Å². The number of hydrogen-bond donors (Lipinski definition) is 3. The number of halogens is 1. The highest BCUT2D eigenvalue weighted by molar-refractivity contribution is 5.71. The normalized spacial score (nSPS) is 27.4. The van der Waals surface area contributed by atoms with Gasteiger partial charge in [-0.05, 0) is 0 Å². The topological polar surface area (TPSA) is 131 Å². The van der Waals surface area contributed by atoms with E-state index in [0.717, 1.165) is 0 Å². The molecule has 0 aliphatic carbocycles. The number of aromatic nitrogens is 2. The fourth-order valence-corrected chi connectivity index (χ4v) is 2.08. The average Bonchev–Trinajstić information content (AvgIpc) is 2.76. The van der Waals surface area contributed by atoms with E-state index in [1.165, 1.54) is 0 Å². The smallest absolute Gasteiger partial charge is 0.330 e. The predicted molar refractivity (Wildman–Crippen MR) is 73.0 cm³/mol. The van der Waals surface area contributed by atoms with Gasteiger partial charge in [-0.25, -0.2) is 4.79 Å². The average molecular weight is 332 g/mol. The van der Waals surface area contributed by atoms with Crippen molar-refractivity contribution >= 4 is 5.97 Å². The molecule has 0 unspecified atom stereocenters. The number of H-pyrrole nitrogens is 1. The van der Waals surface area contributed by atoms with Gasteiger partial charge in [0.05, 0.1) is 12.1 Å². The van der Waals surface area contributed by atoms with Gasteiger partial charge < -0.3 is 19.7 Å². The summed E-state index contributed by atoms with van der Waals surface area (Å²) < 4.78 is 24.1. The Labute approximate surface area is 129 Å². The molecule has 1 fully saturated rings. The third kappa shape index (κ3) is 3.49. The Morgan fingerprint density at radius 3 is 2.70 bits per heavy atom. The molecule has 9 nitrogen and oxygen atoms in total. The molecule has 0 spiro atoms. The summed E-state index contributed by atoms with van der Waals surface area (Å²) >= 11 is 0. The van der Waals surface area contributed by atoms with Crippen molar-refractivity contribution in [3.8, 4) is 0 Å². The minimum atomic E-state index is -1.57. The standard InChI is InChI=1S/C13H17FN2O7/c1-5(2)12(20)22-4-7-8(17)9(18)11(23-7)16-3-6(14)10(19)15-13(16)21/h3,5,7-9,11,17-18H,4H2,1-2H3,(H,15,19,21)/t7-,8-,9-,11-/m1/s1. The zero-order valence-electron chi connectivity index (χ0n) is 12.4. The molecule has 4 atom stereocenters. The van der Waals surface area contributed by atoms with Gasteiger partial charge in [0.15, 0.2) is 6.23 Å². The van der Waals surface area contributed by atoms with Crippen LogP contribution in [-0.4, -0.2) is 50.7 Å². The first kappa shape index (κ1) is 17.3. The Balaban J connectivity index is 2.17. The first-order valence-corrected chi connectivity index (χ1v) is 6.91. The number of carbonyl (C=O) groups excluding carboxylic acids is 1. The molecule has 2 rings (SSSR count). The number of aromatic amines is 1. The second-order valence-corrected chi connectivity index (χ2v) is 5.47. The van der Waals surface area contributed by atoms with E-state index in [1.807, 2.05) is 0 Å². The van der Waals surface area contributed by atoms with E-state index in [-0.39, 0.29) is 12.5 Å². The molecular formula is C13H17FN2O7. The van der Waals surface area contributed by atoms with Gasteiger partial charge in [-0.1, -0.05) is 13.8 Å². The minimum absolute atomic E-state index is 0.341. The zero-order chi connectivity index (χ0) is 17.3. The maximum Gasteiger partial charge on any atom is 0.330 e. The van der Waals surface area contributed by atoms with Crippen LogP contribution < -0.4 is 11.2 Å². The summed E-state index contributed by atoms with van der Waals surface area (Å²) in [5, 5.41) is 19.9. The number of carbonyl (C=O) groups is 1. The molecule has 2 heterocycles.